The van der Waals surface area contributed by atoms with Gasteiger partial charge in [-0.2, -0.15) is 0 Å². The van der Waals surface area contributed by atoms with Crippen molar-refractivity contribution in [3.8, 4) is 0 Å². The van der Waals surface area contributed by atoms with E-state index in [1.165, 1.54) is 50.4 Å². The SMILES string of the molecule is COCc1cc([N+](=O)[O-])ccc1S(=O)(=O)c1ccc(NC(C)=O)cc1. The molecule has 0 fully saturated rings. The Morgan fingerprint density at radius 2 is 1.84 bits per heavy atom. The number of nitrogens with zero attached hydrogens (tertiary/aromatic N) is 1. The van der Waals surface area contributed by atoms with Crippen LogP contribution in [-0.2, 0) is 26.0 Å². The number of hydrogen-bond donors (Lipinski definition) is 1. The first-order valence-corrected chi connectivity index (χ1v) is 8.63. The van der Waals surface area contributed by atoms with Crippen molar-refractivity contribution in [2.24, 2.45) is 0 Å². The molecule has 0 radical (unpaired) electrons. The molecule has 2 aromatic rings. The number of non-ortho nitro benzene ring substituents is 1. The van der Waals surface area contributed by atoms with E-state index in [0.717, 1.165) is 6.07 Å². The number of anilines is 1. The Bertz CT molecular complexity index is 907. The summed E-state index contributed by atoms with van der Waals surface area (Å²) < 4.78 is 30.6. The van der Waals surface area contributed by atoms with E-state index in [1.807, 2.05) is 0 Å². The summed E-state index contributed by atoms with van der Waals surface area (Å²) in [6, 6.07) is 9.17. The molecule has 9 heteroatoms. The number of nitro groups is 1. The second-order valence-electron chi connectivity index (χ2n) is 5.19. The Hall–Kier alpha value is -2.78. The number of ether oxygens (including phenoxy) is 1. The maximum absolute atomic E-state index is 12.8. The van der Waals surface area contributed by atoms with E-state index in [0.29, 0.717) is 5.69 Å². The third-order valence-corrected chi connectivity index (χ3v) is 5.20. The number of benzene rings is 2. The topological polar surface area (TPSA) is 116 Å². The third kappa shape index (κ3) is 4.20. The Balaban J connectivity index is 2.48. The van der Waals surface area contributed by atoms with Gasteiger partial charge in [0.05, 0.1) is 21.3 Å². The molecule has 0 aliphatic rings. The van der Waals surface area contributed by atoms with Gasteiger partial charge in [0.25, 0.3) is 5.69 Å². The predicted octanol–water partition coefficient (Wildman–Crippen LogP) is 2.53. The molecule has 0 spiro atoms. The fourth-order valence-electron chi connectivity index (χ4n) is 2.26. The molecule has 0 heterocycles. The molecule has 0 bridgehead atoms. The molecule has 2 rings (SSSR count). The smallest absolute Gasteiger partial charge is 0.269 e. The van der Waals surface area contributed by atoms with E-state index < -0.39 is 14.8 Å². The summed E-state index contributed by atoms with van der Waals surface area (Å²) in [7, 11) is -2.52. The normalized spacial score (nSPS) is 11.1. The molecule has 2 aromatic carbocycles. The number of nitrogens with one attached hydrogen (secondary N) is 1. The van der Waals surface area contributed by atoms with E-state index >= 15 is 0 Å². The number of carbonyl (C=O) groups excluding carboxylic acids is 1. The van der Waals surface area contributed by atoms with Crippen LogP contribution in [0.25, 0.3) is 0 Å². The number of nitro benzene ring substituents is 1. The van der Waals surface area contributed by atoms with Crippen molar-refractivity contribution < 1.29 is 22.9 Å². The monoisotopic (exact) mass is 364 g/mol. The van der Waals surface area contributed by atoms with Crippen molar-refractivity contribution in [3.63, 3.8) is 0 Å². The maximum atomic E-state index is 12.8. The van der Waals surface area contributed by atoms with Gasteiger partial charge < -0.3 is 10.1 Å². The van der Waals surface area contributed by atoms with Crippen LogP contribution in [0.2, 0.25) is 0 Å². The number of amides is 1. The number of carbonyl (C=O) groups is 1. The third-order valence-electron chi connectivity index (χ3n) is 3.33. The molecular weight excluding hydrogens is 348 g/mol. The lowest BCUT2D eigenvalue weighted by Gasteiger charge is -2.11. The van der Waals surface area contributed by atoms with Crippen molar-refractivity contribution >= 4 is 27.1 Å². The molecule has 0 saturated carbocycles. The van der Waals surface area contributed by atoms with Crippen molar-refractivity contribution in [1.29, 1.82) is 0 Å². The number of methoxy groups -OCH3 is 1. The van der Waals surface area contributed by atoms with Crippen molar-refractivity contribution in [1.82, 2.24) is 0 Å². The molecule has 1 amide bonds. The highest BCUT2D eigenvalue weighted by molar-refractivity contribution is 7.91. The summed E-state index contributed by atoms with van der Waals surface area (Å²) in [6.45, 7) is 1.26. The largest absolute Gasteiger partial charge is 0.380 e. The Kier molecular flexibility index (Phi) is 5.50. The molecule has 0 aliphatic carbocycles. The van der Waals surface area contributed by atoms with Crippen LogP contribution in [0.15, 0.2) is 52.3 Å². The quantitative estimate of drug-likeness (QED) is 0.622. The van der Waals surface area contributed by atoms with Gasteiger partial charge in [-0.25, -0.2) is 8.42 Å². The van der Waals surface area contributed by atoms with Crippen LogP contribution in [0.4, 0.5) is 11.4 Å². The van der Waals surface area contributed by atoms with Gasteiger partial charge in [0.15, 0.2) is 0 Å². The van der Waals surface area contributed by atoms with Crippen LogP contribution >= 0.6 is 0 Å². The minimum atomic E-state index is -3.89. The highest BCUT2D eigenvalue weighted by Crippen LogP contribution is 2.28. The fourth-order valence-corrected chi connectivity index (χ4v) is 3.72. The van der Waals surface area contributed by atoms with Crippen LogP contribution in [0.3, 0.4) is 0 Å². The molecule has 132 valence electrons. The van der Waals surface area contributed by atoms with Crippen molar-refractivity contribution in [2.75, 3.05) is 12.4 Å². The molecule has 0 atom stereocenters. The van der Waals surface area contributed by atoms with Crippen LogP contribution in [0, 0.1) is 10.1 Å². The minimum Gasteiger partial charge on any atom is -0.380 e. The van der Waals surface area contributed by atoms with Crippen LogP contribution in [-0.4, -0.2) is 26.4 Å². The summed E-state index contributed by atoms with van der Waals surface area (Å²) in [5.41, 5.74) is 0.446. The van der Waals surface area contributed by atoms with Gasteiger partial charge in [-0.15, -0.1) is 0 Å². The molecule has 0 aromatic heterocycles. The Morgan fingerprint density at radius 3 is 2.36 bits per heavy atom. The zero-order valence-electron chi connectivity index (χ0n) is 13.6. The van der Waals surface area contributed by atoms with E-state index in [1.54, 1.807) is 0 Å². The van der Waals surface area contributed by atoms with Gasteiger partial charge in [-0.1, -0.05) is 0 Å². The standard InChI is InChI=1S/C16H16N2O6S/c1-11(19)17-13-3-6-15(7-4-13)25(22,23)16-8-5-14(18(20)21)9-12(16)10-24-2/h3-9H,10H2,1-2H3,(H,17,19). The van der Waals surface area contributed by atoms with E-state index in [2.05, 4.69) is 5.32 Å². The van der Waals surface area contributed by atoms with Gasteiger partial charge >= 0.3 is 0 Å². The summed E-state index contributed by atoms with van der Waals surface area (Å²) in [5.74, 6) is -0.270. The predicted molar refractivity (Wildman–Crippen MR) is 90.0 cm³/mol. The first-order valence-electron chi connectivity index (χ1n) is 7.14. The highest BCUT2D eigenvalue weighted by Gasteiger charge is 2.23. The van der Waals surface area contributed by atoms with E-state index in [-0.39, 0.29) is 33.6 Å². The molecule has 25 heavy (non-hydrogen) atoms. The summed E-state index contributed by atoms with van der Waals surface area (Å²) in [5, 5.41) is 13.4. The summed E-state index contributed by atoms with van der Waals surface area (Å²) >= 11 is 0. The zero-order valence-corrected chi connectivity index (χ0v) is 14.4. The van der Waals surface area contributed by atoms with Crippen molar-refractivity contribution in [2.45, 2.75) is 23.3 Å². The van der Waals surface area contributed by atoms with Crippen LogP contribution in [0.1, 0.15) is 12.5 Å². The Labute approximate surface area is 144 Å². The highest BCUT2D eigenvalue weighted by atomic mass is 32.2. The maximum Gasteiger partial charge on any atom is 0.269 e. The lowest BCUT2D eigenvalue weighted by Crippen LogP contribution is -2.08. The van der Waals surface area contributed by atoms with Gasteiger partial charge in [0.2, 0.25) is 15.7 Å². The van der Waals surface area contributed by atoms with Gasteiger partial charge in [0.1, 0.15) is 0 Å². The van der Waals surface area contributed by atoms with Gasteiger partial charge in [0, 0.05) is 37.4 Å². The lowest BCUT2D eigenvalue weighted by molar-refractivity contribution is -0.385. The molecular formula is C16H16N2O6S. The van der Waals surface area contributed by atoms with Crippen molar-refractivity contribution in [3.05, 3.63) is 58.1 Å². The fraction of sp³-hybridized carbons (Fsp3) is 0.188. The lowest BCUT2D eigenvalue weighted by atomic mass is 10.2. The molecule has 8 nitrogen and oxygen atoms in total. The molecule has 1 N–H and O–H groups in total. The zero-order chi connectivity index (χ0) is 18.6. The minimum absolute atomic E-state index is 0.00723. The Morgan fingerprint density at radius 1 is 1.20 bits per heavy atom. The molecule has 0 unspecified atom stereocenters. The second-order valence-corrected chi connectivity index (χ2v) is 7.11. The van der Waals surface area contributed by atoms with E-state index in [9.17, 15) is 23.3 Å². The van der Waals surface area contributed by atoms with E-state index in [4.69, 9.17) is 4.74 Å². The van der Waals surface area contributed by atoms with Gasteiger partial charge in [-0.3, -0.25) is 14.9 Å². The summed E-state index contributed by atoms with van der Waals surface area (Å²) in [6.07, 6.45) is 0. The van der Waals surface area contributed by atoms with Crippen LogP contribution < -0.4 is 5.32 Å². The number of sulfone groups is 1. The average molecular weight is 364 g/mol. The van der Waals surface area contributed by atoms with Gasteiger partial charge in [-0.05, 0) is 30.3 Å². The first-order chi connectivity index (χ1) is 11.8. The average Bonchev–Trinajstić information content (AvgIpc) is 2.55. The first kappa shape index (κ1) is 18.6. The second kappa shape index (κ2) is 7.41. The number of rotatable bonds is 6. The molecule has 0 saturated heterocycles. The number of hydrogen-bond acceptors (Lipinski definition) is 6. The molecule has 0 aliphatic heterocycles. The summed E-state index contributed by atoms with van der Waals surface area (Å²) in [4.78, 5) is 21.3. The van der Waals surface area contributed by atoms with Crippen LogP contribution in [0.5, 0.6) is 0 Å².